The van der Waals surface area contributed by atoms with E-state index in [2.05, 4.69) is 36.1 Å². The highest BCUT2D eigenvalue weighted by atomic mass is 35.5. The molecule has 23 heavy (non-hydrogen) atoms. The number of hydrogen-bond acceptors (Lipinski definition) is 4. The number of nitrogens with zero attached hydrogens (tertiary/aromatic N) is 3. The van der Waals surface area contributed by atoms with Gasteiger partial charge in [-0.1, -0.05) is 32.4 Å². The van der Waals surface area contributed by atoms with Gasteiger partial charge in [0.15, 0.2) is 0 Å². The van der Waals surface area contributed by atoms with Gasteiger partial charge in [0.05, 0.1) is 11.8 Å². The molecule has 2 heterocycles. The van der Waals surface area contributed by atoms with Crippen molar-refractivity contribution in [3.8, 4) is 0 Å². The van der Waals surface area contributed by atoms with E-state index in [1.807, 2.05) is 7.05 Å². The Morgan fingerprint density at radius 2 is 2.00 bits per heavy atom. The van der Waals surface area contributed by atoms with Crippen LogP contribution in [-0.2, 0) is 13.6 Å². The number of β-amino-alcohol motifs (C(OH)–C–C–N with tert-alkyl or cyclic N) is 1. The van der Waals surface area contributed by atoms with Gasteiger partial charge in [0.25, 0.3) is 0 Å². The van der Waals surface area contributed by atoms with Crippen LogP contribution in [0, 0.1) is 5.92 Å². The average Bonchev–Trinajstić information content (AvgIpc) is 2.78. The van der Waals surface area contributed by atoms with E-state index >= 15 is 0 Å². The molecule has 0 saturated carbocycles. The van der Waals surface area contributed by atoms with Crippen molar-refractivity contribution in [1.82, 2.24) is 20.0 Å². The van der Waals surface area contributed by atoms with E-state index in [1.165, 1.54) is 12.8 Å². The summed E-state index contributed by atoms with van der Waals surface area (Å²) >= 11 is 6.33. The molecule has 5 nitrogen and oxygen atoms in total. The van der Waals surface area contributed by atoms with Gasteiger partial charge in [-0.25, -0.2) is 0 Å². The summed E-state index contributed by atoms with van der Waals surface area (Å²) < 4.78 is 1.72. The molecule has 1 aliphatic heterocycles. The van der Waals surface area contributed by atoms with E-state index in [9.17, 15) is 5.11 Å². The van der Waals surface area contributed by atoms with Crippen molar-refractivity contribution >= 4 is 11.6 Å². The quantitative estimate of drug-likeness (QED) is 0.798. The number of nitrogens with one attached hydrogen (secondary N) is 1. The standard InChI is InChI=1S/C17H31ClN4O/c1-12(2)16-15(17(18)21(4)20-16)10-19-9-14(23)11-22-7-5-13(3)6-8-22/h12-14,19,23H,5-11H2,1-4H3. The number of aromatic nitrogens is 2. The Kier molecular flexibility index (Phi) is 6.89. The van der Waals surface area contributed by atoms with Crippen LogP contribution in [0.2, 0.25) is 5.15 Å². The molecule has 1 aromatic heterocycles. The molecule has 2 rings (SSSR count). The topological polar surface area (TPSA) is 53.3 Å². The van der Waals surface area contributed by atoms with Crippen molar-refractivity contribution in [2.24, 2.45) is 13.0 Å². The monoisotopic (exact) mass is 342 g/mol. The second-order valence-electron chi connectivity index (χ2n) is 7.20. The Hall–Kier alpha value is -0.620. The SMILES string of the molecule is CC1CCN(CC(O)CNCc2c(C(C)C)nn(C)c2Cl)CC1. The van der Waals surface area contributed by atoms with Crippen LogP contribution in [0.5, 0.6) is 0 Å². The minimum Gasteiger partial charge on any atom is -0.390 e. The van der Waals surface area contributed by atoms with E-state index in [4.69, 9.17) is 11.6 Å². The summed E-state index contributed by atoms with van der Waals surface area (Å²) in [6, 6.07) is 0. The van der Waals surface area contributed by atoms with Crippen LogP contribution in [0.3, 0.4) is 0 Å². The first-order valence-corrected chi connectivity index (χ1v) is 9.08. The molecule has 1 unspecified atom stereocenters. The van der Waals surface area contributed by atoms with Crippen LogP contribution in [0.1, 0.15) is 50.8 Å². The third kappa shape index (κ3) is 5.18. The van der Waals surface area contributed by atoms with Gasteiger partial charge >= 0.3 is 0 Å². The first-order chi connectivity index (χ1) is 10.9. The number of aliphatic hydroxyl groups is 1. The highest BCUT2D eigenvalue weighted by Gasteiger charge is 2.19. The van der Waals surface area contributed by atoms with Gasteiger partial charge in [-0.2, -0.15) is 5.10 Å². The zero-order valence-corrected chi connectivity index (χ0v) is 15.6. The molecule has 0 bridgehead atoms. The largest absolute Gasteiger partial charge is 0.390 e. The number of hydrogen-bond donors (Lipinski definition) is 2. The molecular formula is C17H31ClN4O. The summed E-state index contributed by atoms with van der Waals surface area (Å²) in [5.41, 5.74) is 2.08. The lowest BCUT2D eigenvalue weighted by Crippen LogP contribution is -2.41. The molecule has 0 aliphatic carbocycles. The zero-order valence-electron chi connectivity index (χ0n) is 14.8. The number of rotatable bonds is 7. The Bertz CT molecular complexity index is 495. The van der Waals surface area contributed by atoms with E-state index < -0.39 is 0 Å². The van der Waals surface area contributed by atoms with E-state index in [-0.39, 0.29) is 6.10 Å². The van der Waals surface area contributed by atoms with Crippen LogP contribution >= 0.6 is 11.6 Å². The van der Waals surface area contributed by atoms with Gasteiger partial charge < -0.3 is 15.3 Å². The van der Waals surface area contributed by atoms with Crippen molar-refractivity contribution in [2.75, 3.05) is 26.2 Å². The Labute approximate surface area is 145 Å². The van der Waals surface area contributed by atoms with Gasteiger partial charge in [-0.15, -0.1) is 0 Å². The van der Waals surface area contributed by atoms with Crippen LogP contribution in [0.4, 0.5) is 0 Å². The van der Waals surface area contributed by atoms with Crippen LogP contribution in [0.25, 0.3) is 0 Å². The Morgan fingerprint density at radius 1 is 1.35 bits per heavy atom. The maximum atomic E-state index is 10.2. The predicted molar refractivity (Wildman–Crippen MR) is 94.9 cm³/mol. The van der Waals surface area contributed by atoms with Crippen LogP contribution in [-0.4, -0.2) is 52.1 Å². The van der Waals surface area contributed by atoms with Crippen molar-refractivity contribution < 1.29 is 5.11 Å². The number of aryl methyl sites for hydroxylation is 1. The van der Waals surface area contributed by atoms with Crippen molar-refractivity contribution in [3.05, 3.63) is 16.4 Å². The molecule has 0 aromatic carbocycles. The molecule has 1 atom stereocenters. The molecule has 0 radical (unpaired) electrons. The van der Waals surface area contributed by atoms with Gasteiger partial charge in [0.1, 0.15) is 5.15 Å². The van der Waals surface area contributed by atoms with Crippen molar-refractivity contribution in [3.63, 3.8) is 0 Å². The highest BCUT2D eigenvalue weighted by Crippen LogP contribution is 2.25. The minimum absolute atomic E-state index is 0.339. The summed E-state index contributed by atoms with van der Waals surface area (Å²) in [7, 11) is 1.86. The fourth-order valence-electron chi connectivity index (χ4n) is 3.17. The summed E-state index contributed by atoms with van der Waals surface area (Å²) in [6.45, 7) is 10.7. The molecule has 0 spiro atoms. The van der Waals surface area contributed by atoms with Crippen molar-refractivity contribution in [2.45, 2.75) is 52.2 Å². The first kappa shape index (κ1) is 18.7. The van der Waals surface area contributed by atoms with E-state index in [0.29, 0.717) is 24.2 Å². The smallest absolute Gasteiger partial charge is 0.131 e. The lowest BCUT2D eigenvalue weighted by molar-refractivity contribution is 0.0906. The summed E-state index contributed by atoms with van der Waals surface area (Å²) in [4.78, 5) is 2.36. The molecule has 1 aromatic rings. The van der Waals surface area contributed by atoms with Crippen molar-refractivity contribution in [1.29, 1.82) is 0 Å². The summed E-state index contributed by atoms with van der Waals surface area (Å²) in [5.74, 6) is 1.16. The molecule has 2 N–H and O–H groups in total. The molecule has 132 valence electrons. The Morgan fingerprint density at radius 3 is 2.61 bits per heavy atom. The first-order valence-electron chi connectivity index (χ1n) is 8.70. The highest BCUT2D eigenvalue weighted by molar-refractivity contribution is 6.30. The summed E-state index contributed by atoms with van der Waals surface area (Å²) in [6.07, 6.45) is 2.13. The molecular weight excluding hydrogens is 312 g/mol. The second kappa shape index (κ2) is 8.47. The molecule has 1 saturated heterocycles. The fourth-order valence-corrected chi connectivity index (χ4v) is 3.37. The average molecular weight is 343 g/mol. The lowest BCUT2D eigenvalue weighted by atomic mass is 9.99. The minimum atomic E-state index is -0.346. The maximum Gasteiger partial charge on any atom is 0.131 e. The summed E-state index contributed by atoms with van der Waals surface area (Å²) in [5, 5.41) is 18.7. The third-order valence-electron chi connectivity index (χ3n) is 4.67. The number of aliphatic hydroxyl groups excluding tert-OH is 1. The third-order valence-corrected chi connectivity index (χ3v) is 5.15. The van der Waals surface area contributed by atoms with Gasteiger partial charge in [-0.3, -0.25) is 4.68 Å². The van der Waals surface area contributed by atoms with E-state index in [0.717, 1.165) is 36.8 Å². The number of piperidine rings is 1. The van der Waals surface area contributed by atoms with Crippen LogP contribution < -0.4 is 5.32 Å². The Balaban J connectivity index is 1.78. The second-order valence-corrected chi connectivity index (χ2v) is 7.56. The normalized spacial score (nSPS) is 18.7. The van der Waals surface area contributed by atoms with Gasteiger partial charge in [-0.05, 0) is 37.8 Å². The molecule has 1 fully saturated rings. The van der Waals surface area contributed by atoms with Crippen LogP contribution in [0.15, 0.2) is 0 Å². The fraction of sp³-hybridized carbons (Fsp3) is 0.824. The maximum absolute atomic E-state index is 10.2. The van der Waals surface area contributed by atoms with E-state index in [1.54, 1.807) is 4.68 Å². The molecule has 1 aliphatic rings. The lowest BCUT2D eigenvalue weighted by Gasteiger charge is -2.31. The molecule has 0 amide bonds. The van der Waals surface area contributed by atoms with Gasteiger partial charge in [0.2, 0.25) is 0 Å². The molecule has 6 heteroatoms. The number of likely N-dealkylation sites (tertiary alicyclic amines) is 1. The number of halogens is 1. The zero-order chi connectivity index (χ0) is 17.0. The predicted octanol–water partition coefficient (Wildman–Crippen LogP) is 2.38. The van der Waals surface area contributed by atoms with Gasteiger partial charge in [0, 0.05) is 32.2 Å².